The Balaban J connectivity index is 1.52. The molecule has 0 radical (unpaired) electrons. The first kappa shape index (κ1) is 24.9. The van der Waals surface area contributed by atoms with Crippen LogP contribution < -0.4 is 4.74 Å². The molecule has 0 bridgehead atoms. The number of hydrogen-bond donors (Lipinski definition) is 0. The van der Waals surface area contributed by atoms with E-state index in [1.165, 1.54) is 44.1 Å². The Hall–Kier alpha value is -2.75. The average Bonchev–Trinajstić information content (AvgIpc) is 2.85. The third-order valence-corrected chi connectivity index (χ3v) is 6.00. The largest absolute Gasteiger partial charge is 0.491 e. The smallest absolute Gasteiger partial charge is 0.159 e. The van der Waals surface area contributed by atoms with Crippen molar-refractivity contribution in [2.45, 2.75) is 71.9 Å². The molecular weight excluding hydrogens is 411 g/mol. The van der Waals surface area contributed by atoms with Gasteiger partial charge in [0.2, 0.25) is 0 Å². The van der Waals surface area contributed by atoms with Crippen molar-refractivity contribution in [2.24, 2.45) is 5.92 Å². The van der Waals surface area contributed by atoms with Crippen molar-refractivity contribution in [3.63, 3.8) is 0 Å². The number of halogens is 1. The van der Waals surface area contributed by atoms with Crippen LogP contribution in [0.2, 0.25) is 0 Å². The molecule has 3 rings (SSSR count). The third-order valence-electron chi connectivity index (χ3n) is 6.00. The van der Waals surface area contributed by atoms with Gasteiger partial charge in [0.15, 0.2) is 5.82 Å². The van der Waals surface area contributed by atoms with Crippen molar-refractivity contribution >= 4 is 0 Å². The Kier molecular flexibility index (Phi) is 9.86. The van der Waals surface area contributed by atoms with Crippen LogP contribution in [0.25, 0.3) is 22.5 Å². The Morgan fingerprint density at radius 1 is 0.758 bits per heavy atom. The van der Waals surface area contributed by atoms with Gasteiger partial charge in [-0.1, -0.05) is 89.3 Å². The highest BCUT2D eigenvalue weighted by molar-refractivity contribution is 5.64. The van der Waals surface area contributed by atoms with Gasteiger partial charge in [-0.05, 0) is 42.0 Å². The molecule has 0 saturated heterocycles. The van der Waals surface area contributed by atoms with Gasteiger partial charge in [0.1, 0.15) is 18.5 Å². The molecule has 3 nitrogen and oxygen atoms in total. The van der Waals surface area contributed by atoms with Crippen molar-refractivity contribution in [2.75, 3.05) is 6.61 Å². The summed E-state index contributed by atoms with van der Waals surface area (Å²) in [6, 6.07) is 16.2. The van der Waals surface area contributed by atoms with Crippen molar-refractivity contribution in [3.05, 3.63) is 66.5 Å². The van der Waals surface area contributed by atoms with E-state index in [0.717, 1.165) is 28.9 Å². The lowest BCUT2D eigenvalue weighted by molar-refractivity contribution is 0.155. The molecule has 0 aliphatic carbocycles. The summed E-state index contributed by atoms with van der Waals surface area (Å²) in [6.07, 6.45) is 11.8. The van der Waals surface area contributed by atoms with Gasteiger partial charge in [0.05, 0.1) is 0 Å². The fourth-order valence-corrected chi connectivity index (χ4v) is 3.67. The summed E-state index contributed by atoms with van der Waals surface area (Å²) in [7, 11) is 0. The fourth-order valence-electron chi connectivity index (χ4n) is 3.67. The first-order valence-electron chi connectivity index (χ1n) is 12.4. The summed E-state index contributed by atoms with van der Waals surface area (Å²) < 4.78 is 19.3. The first-order valence-corrected chi connectivity index (χ1v) is 12.4. The molecule has 1 unspecified atom stereocenters. The Labute approximate surface area is 198 Å². The van der Waals surface area contributed by atoms with Crippen LogP contribution >= 0.6 is 0 Å². The van der Waals surface area contributed by atoms with Crippen LogP contribution in [0.1, 0.15) is 64.9 Å². The second kappa shape index (κ2) is 13.1. The second-order valence-corrected chi connectivity index (χ2v) is 9.11. The molecule has 0 amide bonds. The maximum atomic E-state index is 13.7. The SMILES string of the molecule is CCCCCCCCc1ccc(-c2ncc(-c3ccc(OCC(F)C(C)C)cc3)cn2)cc1. The van der Waals surface area contributed by atoms with E-state index < -0.39 is 6.17 Å². The number of ether oxygens (including phenoxy) is 1. The number of aryl methyl sites for hydroxylation is 1. The summed E-state index contributed by atoms with van der Waals surface area (Å²) >= 11 is 0. The molecule has 0 aliphatic heterocycles. The number of aromatic nitrogens is 2. The number of nitrogens with zero attached hydrogens (tertiary/aromatic N) is 2. The van der Waals surface area contributed by atoms with Crippen LogP contribution in [-0.2, 0) is 6.42 Å². The predicted octanol–water partition coefficient (Wildman–Crippen LogP) is 8.09. The number of rotatable bonds is 13. The van der Waals surface area contributed by atoms with E-state index in [0.29, 0.717) is 5.75 Å². The lowest BCUT2D eigenvalue weighted by Gasteiger charge is -2.13. The zero-order valence-corrected chi connectivity index (χ0v) is 20.3. The molecule has 0 N–H and O–H groups in total. The Morgan fingerprint density at radius 2 is 1.36 bits per heavy atom. The molecule has 0 fully saturated rings. The minimum Gasteiger partial charge on any atom is -0.491 e. The van der Waals surface area contributed by atoms with E-state index >= 15 is 0 Å². The predicted molar refractivity (Wildman–Crippen MR) is 135 cm³/mol. The molecule has 0 aliphatic rings. The van der Waals surface area contributed by atoms with E-state index in [1.54, 1.807) is 0 Å². The van der Waals surface area contributed by atoms with Crippen molar-refractivity contribution in [3.8, 4) is 28.3 Å². The molecule has 3 aromatic rings. The van der Waals surface area contributed by atoms with E-state index in [2.05, 4.69) is 41.2 Å². The topological polar surface area (TPSA) is 35.0 Å². The Bertz CT molecular complexity index is 937. The molecule has 0 spiro atoms. The second-order valence-electron chi connectivity index (χ2n) is 9.11. The number of alkyl halides is 1. The van der Waals surface area contributed by atoms with E-state index in [4.69, 9.17) is 4.74 Å². The lowest BCUT2D eigenvalue weighted by Crippen LogP contribution is -2.18. The molecule has 1 aromatic heterocycles. The number of benzene rings is 2. The summed E-state index contributed by atoms with van der Waals surface area (Å²) in [5, 5.41) is 0. The molecule has 2 aromatic carbocycles. The first-order chi connectivity index (χ1) is 16.1. The van der Waals surface area contributed by atoms with Gasteiger partial charge in [-0.25, -0.2) is 14.4 Å². The average molecular weight is 449 g/mol. The van der Waals surface area contributed by atoms with Crippen LogP contribution in [0.5, 0.6) is 5.75 Å². The van der Waals surface area contributed by atoms with E-state index in [-0.39, 0.29) is 12.5 Å². The monoisotopic (exact) mass is 448 g/mol. The maximum absolute atomic E-state index is 13.7. The van der Waals surface area contributed by atoms with Crippen LogP contribution in [0.3, 0.4) is 0 Å². The highest BCUT2D eigenvalue weighted by atomic mass is 19.1. The Morgan fingerprint density at radius 3 is 2.00 bits per heavy atom. The molecule has 1 heterocycles. The minimum atomic E-state index is -0.963. The molecule has 33 heavy (non-hydrogen) atoms. The molecule has 176 valence electrons. The zero-order chi connectivity index (χ0) is 23.5. The standard InChI is InChI=1S/C29H37FN2O/c1-4-5-6-7-8-9-10-23-11-13-25(14-12-23)29-31-19-26(20-32-29)24-15-17-27(18-16-24)33-21-28(30)22(2)3/h11-20,22,28H,4-10,21H2,1-3H3. The van der Waals surface area contributed by atoms with Gasteiger partial charge in [0.25, 0.3) is 0 Å². The zero-order valence-electron chi connectivity index (χ0n) is 20.3. The molecule has 0 saturated carbocycles. The van der Waals surface area contributed by atoms with Crippen LogP contribution in [0, 0.1) is 5.92 Å². The lowest BCUT2D eigenvalue weighted by atomic mass is 10.0. The maximum Gasteiger partial charge on any atom is 0.159 e. The number of unbranched alkanes of at least 4 members (excludes halogenated alkanes) is 5. The fraction of sp³-hybridized carbons (Fsp3) is 0.448. The summed E-state index contributed by atoms with van der Waals surface area (Å²) in [4.78, 5) is 9.14. The normalized spacial score (nSPS) is 12.2. The van der Waals surface area contributed by atoms with Crippen LogP contribution in [0.4, 0.5) is 4.39 Å². The minimum absolute atomic E-state index is 0.0449. The van der Waals surface area contributed by atoms with E-state index in [1.807, 2.05) is 50.5 Å². The van der Waals surface area contributed by atoms with Crippen molar-refractivity contribution < 1.29 is 9.13 Å². The number of hydrogen-bond acceptors (Lipinski definition) is 3. The van der Waals surface area contributed by atoms with Gasteiger partial charge < -0.3 is 4.74 Å². The summed E-state index contributed by atoms with van der Waals surface area (Å²) in [5.74, 6) is 1.35. The quantitative estimate of drug-likeness (QED) is 0.248. The highest BCUT2D eigenvalue weighted by Gasteiger charge is 2.12. The van der Waals surface area contributed by atoms with Crippen LogP contribution in [-0.4, -0.2) is 22.7 Å². The van der Waals surface area contributed by atoms with Gasteiger partial charge in [-0.15, -0.1) is 0 Å². The van der Waals surface area contributed by atoms with Gasteiger partial charge in [-0.3, -0.25) is 0 Å². The summed E-state index contributed by atoms with van der Waals surface area (Å²) in [5.41, 5.74) is 4.35. The molecule has 4 heteroatoms. The highest BCUT2D eigenvalue weighted by Crippen LogP contribution is 2.24. The van der Waals surface area contributed by atoms with E-state index in [9.17, 15) is 4.39 Å². The van der Waals surface area contributed by atoms with Crippen LogP contribution in [0.15, 0.2) is 60.9 Å². The van der Waals surface area contributed by atoms with Gasteiger partial charge >= 0.3 is 0 Å². The van der Waals surface area contributed by atoms with Crippen molar-refractivity contribution in [1.82, 2.24) is 9.97 Å². The van der Waals surface area contributed by atoms with Crippen molar-refractivity contribution in [1.29, 1.82) is 0 Å². The third kappa shape index (κ3) is 7.96. The van der Waals surface area contributed by atoms with Gasteiger partial charge in [0, 0.05) is 23.5 Å². The molecular formula is C29H37FN2O. The summed E-state index contributed by atoms with van der Waals surface area (Å²) in [6.45, 7) is 6.04. The van der Waals surface area contributed by atoms with Gasteiger partial charge in [-0.2, -0.15) is 0 Å². The molecule has 1 atom stereocenters.